The SMILES string of the molecule is CC(=O)Nc1ccc(C(C)=O)cc1OCC(=O)N(C(C)C)C1CCCCC1. The van der Waals surface area contributed by atoms with Gasteiger partial charge in [-0.25, -0.2) is 0 Å². The van der Waals surface area contributed by atoms with Crippen molar-refractivity contribution >= 4 is 23.3 Å². The second-order valence-electron chi connectivity index (χ2n) is 7.42. The Morgan fingerprint density at radius 1 is 1.15 bits per heavy atom. The van der Waals surface area contributed by atoms with Gasteiger partial charge in [-0.1, -0.05) is 19.3 Å². The van der Waals surface area contributed by atoms with Crippen LogP contribution in [0.3, 0.4) is 0 Å². The number of hydrogen-bond donors (Lipinski definition) is 1. The summed E-state index contributed by atoms with van der Waals surface area (Å²) in [7, 11) is 0. The number of rotatable bonds is 7. The molecule has 1 aliphatic rings. The van der Waals surface area contributed by atoms with Gasteiger partial charge in [0, 0.05) is 24.6 Å². The Kier molecular flexibility index (Phi) is 7.39. The summed E-state index contributed by atoms with van der Waals surface area (Å²) in [5.41, 5.74) is 0.925. The van der Waals surface area contributed by atoms with Crippen molar-refractivity contribution in [1.82, 2.24) is 4.90 Å². The summed E-state index contributed by atoms with van der Waals surface area (Å²) >= 11 is 0. The quantitative estimate of drug-likeness (QED) is 0.737. The summed E-state index contributed by atoms with van der Waals surface area (Å²) in [6.45, 7) is 6.78. The predicted molar refractivity (Wildman–Crippen MR) is 105 cm³/mol. The van der Waals surface area contributed by atoms with Crippen LogP contribution in [0.15, 0.2) is 18.2 Å². The zero-order valence-corrected chi connectivity index (χ0v) is 16.7. The summed E-state index contributed by atoms with van der Waals surface area (Å²) in [5, 5.41) is 2.68. The van der Waals surface area contributed by atoms with Crippen LogP contribution in [-0.2, 0) is 9.59 Å². The van der Waals surface area contributed by atoms with Gasteiger partial charge in [-0.2, -0.15) is 0 Å². The van der Waals surface area contributed by atoms with Crippen molar-refractivity contribution in [3.05, 3.63) is 23.8 Å². The summed E-state index contributed by atoms with van der Waals surface area (Å²) in [6.07, 6.45) is 5.58. The van der Waals surface area contributed by atoms with Crippen molar-refractivity contribution in [2.24, 2.45) is 0 Å². The minimum absolute atomic E-state index is 0.0705. The predicted octanol–water partition coefficient (Wildman–Crippen LogP) is 3.80. The Balaban J connectivity index is 2.14. The first-order valence-electron chi connectivity index (χ1n) is 9.66. The molecule has 6 nitrogen and oxygen atoms in total. The van der Waals surface area contributed by atoms with Gasteiger partial charge in [-0.15, -0.1) is 0 Å². The Labute approximate surface area is 161 Å². The summed E-state index contributed by atoms with van der Waals surface area (Å²) in [4.78, 5) is 37.9. The van der Waals surface area contributed by atoms with Crippen molar-refractivity contribution in [3.8, 4) is 5.75 Å². The number of nitrogens with zero attached hydrogens (tertiary/aromatic N) is 1. The molecule has 0 radical (unpaired) electrons. The van der Waals surface area contributed by atoms with Crippen LogP contribution < -0.4 is 10.1 Å². The normalized spacial score (nSPS) is 14.7. The van der Waals surface area contributed by atoms with E-state index in [-0.39, 0.29) is 36.3 Å². The maximum absolute atomic E-state index is 12.9. The number of carbonyl (C=O) groups is 3. The van der Waals surface area contributed by atoms with E-state index in [9.17, 15) is 14.4 Å². The molecule has 0 spiro atoms. The van der Waals surface area contributed by atoms with E-state index >= 15 is 0 Å². The Bertz CT molecular complexity index is 693. The fourth-order valence-corrected chi connectivity index (χ4v) is 3.64. The largest absolute Gasteiger partial charge is 0.482 e. The second-order valence-corrected chi connectivity index (χ2v) is 7.42. The molecule has 1 N–H and O–H groups in total. The monoisotopic (exact) mass is 374 g/mol. The lowest BCUT2D eigenvalue weighted by molar-refractivity contribution is -0.138. The summed E-state index contributed by atoms with van der Waals surface area (Å²) < 4.78 is 5.75. The Morgan fingerprint density at radius 3 is 2.37 bits per heavy atom. The van der Waals surface area contributed by atoms with Crippen LogP contribution in [0.4, 0.5) is 5.69 Å². The molecule has 148 valence electrons. The fraction of sp³-hybridized carbons (Fsp3) is 0.571. The highest BCUT2D eigenvalue weighted by atomic mass is 16.5. The van der Waals surface area contributed by atoms with Crippen molar-refractivity contribution in [2.45, 2.75) is 71.9 Å². The van der Waals surface area contributed by atoms with Crippen LogP contribution in [0.1, 0.15) is 70.2 Å². The van der Waals surface area contributed by atoms with Crippen molar-refractivity contribution in [3.63, 3.8) is 0 Å². The molecular formula is C21H30N2O4. The van der Waals surface area contributed by atoms with Gasteiger partial charge < -0.3 is 15.0 Å². The smallest absolute Gasteiger partial charge is 0.260 e. The van der Waals surface area contributed by atoms with Crippen LogP contribution in [-0.4, -0.2) is 41.2 Å². The van der Waals surface area contributed by atoms with Crippen molar-refractivity contribution in [1.29, 1.82) is 0 Å². The molecule has 1 aromatic carbocycles. The number of amides is 2. The zero-order chi connectivity index (χ0) is 20.0. The molecule has 0 unspecified atom stereocenters. The maximum atomic E-state index is 12.9. The van der Waals surface area contributed by atoms with Gasteiger partial charge in [0.25, 0.3) is 5.91 Å². The van der Waals surface area contributed by atoms with Crippen molar-refractivity contribution < 1.29 is 19.1 Å². The highest BCUT2D eigenvalue weighted by Crippen LogP contribution is 2.28. The molecule has 0 saturated heterocycles. The van der Waals surface area contributed by atoms with E-state index in [1.165, 1.54) is 20.3 Å². The molecule has 1 aromatic rings. The van der Waals surface area contributed by atoms with Crippen LogP contribution in [0.25, 0.3) is 0 Å². The first-order valence-corrected chi connectivity index (χ1v) is 9.66. The average molecular weight is 374 g/mol. The maximum Gasteiger partial charge on any atom is 0.260 e. The first-order chi connectivity index (χ1) is 12.8. The van der Waals surface area contributed by atoms with E-state index in [4.69, 9.17) is 4.74 Å². The molecule has 0 atom stereocenters. The number of ether oxygens (including phenoxy) is 1. The van der Waals surface area contributed by atoms with Gasteiger partial charge in [0.1, 0.15) is 5.75 Å². The van der Waals surface area contributed by atoms with E-state index < -0.39 is 0 Å². The number of Topliss-reactive ketones (excluding diaryl/α,β-unsaturated/α-hetero) is 1. The van der Waals surface area contributed by atoms with Crippen LogP contribution in [0.2, 0.25) is 0 Å². The Hall–Kier alpha value is -2.37. The van der Waals surface area contributed by atoms with Crippen LogP contribution >= 0.6 is 0 Å². The molecule has 1 aliphatic carbocycles. The molecule has 0 bridgehead atoms. The van der Waals surface area contributed by atoms with Crippen molar-refractivity contribution in [2.75, 3.05) is 11.9 Å². The van der Waals surface area contributed by atoms with Gasteiger partial charge in [0.05, 0.1) is 5.69 Å². The minimum atomic E-state index is -0.243. The van der Waals surface area contributed by atoms with Gasteiger partial charge in [0.2, 0.25) is 5.91 Å². The summed E-state index contributed by atoms with van der Waals surface area (Å²) in [5.74, 6) is -0.0863. The molecule has 0 aromatic heterocycles. The lowest BCUT2D eigenvalue weighted by atomic mass is 9.93. The number of ketones is 1. The molecule has 6 heteroatoms. The zero-order valence-electron chi connectivity index (χ0n) is 16.7. The lowest BCUT2D eigenvalue weighted by Gasteiger charge is -2.37. The van der Waals surface area contributed by atoms with Gasteiger partial charge >= 0.3 is 0 Å². The van der Waals surface area contributed by atoms with E-state index in [0.717, 1.165) is 25.7 Å². The van der Waals surface area contributed by atoms with Gasteiger partial charge in [-0.3, -0.25) is 14.4 Å². The highest BCUT2D eigenvalue weighted by Gasteiger charge is 2.28. The molecule has 1 saturated carbocycles. The molecule has 0 heterocycles. The first kappa shape index (κ1) is 20.9. The second kappa shape index (κ2) is 9.53. The van der Waals surface area contributed by atoms with Gasteiger partial charge in [-0.05, 0) is 51.8 Å². The highest BCUT2D eigenvalue weighted by molar-refractivity contribution is 5.96. The number of anilines is 1. The summed E-state index contributed by atoms with van der Waals surface area (Å²) in [6, 6.07) is 5.18. The minimum Gasteiger partial charge on any atom is -0.482 e. The third kappa shape index (κ3) is 5.81. The standard InChI is InChI=1S/C21H30N2O4/c1-14(2)23(18-8-6-5-7-9-18)21(26)13-27-20-12-17(15(3)24)10-11-19(20)22-16(4)25/h10-12,14,18H,5-9,13H2,1-4H3,(H,22,25). The molecule has 2 rings (SSSR count). The molecular weight excluding hydrogens is 344 g/mol. The van der Waals surface area contributed by atoms with E-state index in [1.807, 2.05) is 18.7 Å². The third-order valence-electron chi connectivity index (χ3n) is 4.86. The lowest BCUT2D eigenvalue weighted by Crippen LogP contribution is -2.47. The molecule has 0 aliphatic heterocycles. The molecule has 27 heavy (non-hydrogen) atoms. The molecule has 2 amide bonds. The van der Waals surface area contributed by atoms with E-state index in [1.54, 1.807) is 18.2 Å². The third-order valence-corrected chi connectivity index (χ3v) is 4.86. The number of nitrogens with one attached hydrogen (secondary N) is 1. The fourth-order valence-electron chi connectivity index (χ4n) is 3.64. The van der Waals surface area contributed by atoms with Gasteiger partial charge in [0.15, 0.2) is 12.4 Å². The van der Waals surface area contributed by atoms with Crippen LogP contribution in [0, 0.1) is 0 Å². The van der Waals surface area contributed by atoms with E-state index in [0.29, 0.717) is 17.0 Å². The van der Waals surface area contributed by atoms with E-state index in [2.05, 4.69) is 5.32 Å². The Morgan fingerprint density at radius 2 is 1.81 bits per heavy atom. The number of benzene rings is 1. The molecule has 1 fully saturated rings. The average Bonchev–Trinajstić information content (AvgIpc) is 2.61. The topological polar surface area (TPSA) is 75.7 Å². The number of carbonyl (C=O) groups excluding carboxylic acids is 3. The van der Waals surface area contributed by atoms with Crippen LogP contribution in [0.5, 0.6) is 5.75 Å². The number of hydrogen-bond acceptors (Lipinski definition) is 4.